The van der Waals surface area contributed by atoms with Gasteiger partial charge in [-0.2, -0.15) is 0 Å². The molecule has 0 aliphatic rings. The summed E-state index contributed by atoms with van der Waals surface area (Å²) in [7, 11) is 0. The Hall–Kier alpha value is -0.350. The molecule has 13 heavy (non-hydrogen) atoms. The van der Waals surface area contributed by atoms with Crippen molar-refractivity contribution in [2.24, 2.45) is 0 Å². The zero-order chi connectivity index (χ0) is 9.84. The molecule has 0 heterocycles. The fourth-order valence-electron chi connectivity index (χ4n) is 1.01. The molecule has 0 fully saturated rings. The molecule has 0 saturated carbocycles. The molecule has 4 heteroatoms. The second-order valence-corrected chi connectivity index (χ2v) is 3.74. The number of hydrogen-bond acceptors (Lipinski definition) is 2. The summed E-state index contributed by atoms with van der Waals surface area (Å²) in [6.07, 6.45) is 0.247. The SMILES string of the molecule is O=C(CBr)Cc1cc(F)cc(S)c1. The lowest BCUT2D eigenvalue weighted by molar-refractivity contribution is -0.115. The third-order valence-electron chi connectivity index (χ3n) is 1.49. The van der Waals surface area contributed by atoms with Crippen LogP contribution in [0.3, 0.4) is 0 Å². The second kappa shape index (κ2) is 4.77. The molecule has 1 rings (SSSR count). The molecule has 1 nitrogen and oxygen atoms in total. The van der Waals surface area contributed by atoms with Gasteiger partial charge in [0.1, 0.15) is 11.6 Å². The first-order valence-corrected chi connectivity index (χ1v) is 5.25. The zero-order valence-electron chi connectivity index (χ0n) is 6.76. The Bertz CT molecular complexity index is 307. The molecule has 1 aromatic carbocycles. The average Bonchev–Trinajstić information content (AvgIpc) is 2.02. The van der Waals surface area contributed by atoms with Crippen LogP contribution in [0.1, 0.15) is 5.56 Å². The van der Waals surface area contributed by atoms with Crippen molar-refractivity contribution in [3.8, 4) is 0 Å². The largest absolute Gasteiger partial charge is 0.298 e. The van der Waals surface area contributed by atoms with Crippen molar-refractivity contribution in [1.29, 1.82) is 0 Å². The minimum atomic E-state index is -0.357. The number of thiol groups is 1. The van der Waals surface area contributed by atoms with E-state index in [0.29, 0.717) is 15.8 Å². The number of ketones is 1. The molecule has 0 amide bonds. The third-order valence-corrected chi connectivity index (χ3v) is 2.38. The molecule has 0 radical (unpaired) electrons. The number of hydrogen-bond donors (Lipinski definition) is 1. The normalized spacial score (nSPS) is 10.1. The maximum atomic E-state index is 12.8. The zero-order valence-corrected chi connectivity index (χ0v) is 9.24. The topological polar surface area (TPSA) is 17.1 Å². The van der Waals surface area contributed by atoms with Gasteiger partial charge in [0.25, 0.3) is 0 Å². The van der Waals surface area contributed by atoms with Crippen molar-refractivity contribution in [3.05, 3.63) is 29.6 Å². The van der Waals surface area contributed by atoms with Crippen LogP contribution in [0.4, 0.5) is 4.39 Å². The Balaban J connectivity index is 2.83. The molecule has 70 valence electrons. The van der Waals surface area contributed by atoms with Gasteiger partial charge in [-0.3, -0.25) is 4.79 Å². The highest BCUT2D eigenvalue weighted by atomic mass is 79.9. The summed E-state index contributed by atoms with van der Waals surface area (Å²) in [5.41, 5.74) is 0.662. The predicted molar refractivity (Wildman–Crippen MR) is 56.2 cm³/mol. The lowest BCUT2D eigenvalue weighted by atomic mass is 10.1. The molecule has 0 aliphatic heterocycles. The van der Waals surface area contributed by atoms with Gasteiger partial charge in [0.15, 0.2) is 0 Å². The van der Waals surface area contributed by atoms with E-state index in [-0.39, 0.29) is 18.0 Å². The van der Waals surface area contributed by atoms with Crippen molar-refractivity contribution in [1.82, 2.24) is 0 Å². The standard InChI is InChI=1S/C9H8BrFOS/c10-5-8(12)2-6-1-7(11)4-9(13)3-6/h1,3-4,13H,2,5H2. The predicted octanol–water partition coefficient (Wildman–Crippen LogP) is 2.62. The number of Topliss-reactive ketones (excluding diaryl/α,β-unsaturated/α-hetero) is 1. The van der Waals surface area contributed by atoms with Gasteiger partial charge in [0.2, 0.25) is 0 Å². The van der Waals surface area contributed by atoms with Crippen LogP contribution in [0.25, 0.3) is 0 Å². The van der Waals surface area contributed by atoms with Crippen LogP contribution in [-0.4, -0.2) is 11.1 Å². The molecule has 0 saturated heterocycles. The molecule has 0 unspecified atom stereocenters. The van der Waals surface area contributed by atoms with Gasteiger partial charge < -0.3 is 0 Å². The van der Waals surface area contributed by atoms with Gasteiger partial charge in [-0.1, -0.05) is 15.9 Å². The van der Waals surface area contributed by atoms with Crippen molar-refractivity contribution in [3.63, 3.8) is 0 Å². The molecule has 0 aliphatic carbocycles. The molecular formula is C9H8BrFOS. The Morgan fingerprint density at radius 2 is 2.15 bits per heavy atom. The maximum absolute atomic E-state index is 12.8. The quantitative estimate of drug-likeness (QED) is 0.655. The Kier molecular flexibility index (Phi) is 3.93. The Morgan fingerprint density at radius 3 is 2.69 bits per heavy atom. The molecule has 1 aromatic rings. The first-order chi connectivity index (χ1) is 6.11. The Labute approximate surface area is 89.9 Å². The van der Waals surface area contributed by atoms with Crippen LogP contribution in [0.15, 0.2) is 23.1 Å². The number of carbonyl (C=O) groups excluding carboxylic acids is 1. The first kappa shape index (κ1) is 10.7. The smallest absolute Gasteiger partial charge is 0.147 e. The van der Waals surface area contributed by atoms with E-state index in [1.54, 1.807) is 6.07 Å². The third kappa shape index (κ3) is 3.48. The van der Waals surface area contributed by atoms with Gasteiger partial charge in [0, 0.05) is 11.3 Å². The van der Waals surface area contributed by atoms with E-state index in [1.807, 2.05) is 0 Å². The van der Waals surface area contributed by atoms with Crippen molar-refractivity contribution < 1.29 is 9.18 Å². The fraction of sp³-hybridized carbons (Fsp3) is 0.222. The highest BCUT2D eigenvalue weighted by molar-refractivity contribution is 9.09. The fourth-order valence-corrected chi connectivity index (χ4v) is 1.50. The molecule has 0 aromatic heterocycles. The van der Waals surface area contributed by atoms with Crippen LogP contribution in [0, 0.1) is 5.82 Å². The monoisotopic (exact) mass is 262 g/mol. The summed E-state index contributed by atoms with van der Waals surface area (Å²) in [5.74, 6) is -0.330. The van der Waals surface area contributed by atoms with E-state index in [1.165, 1.54) is 12.1 Å². The second-order valence-electron chi connectivity index (χ2n) is 2.67. The van der Waals surface area contributed by atoms with E-state index in [0.717, 1.165) is 0 Å². The summed E-state index contributed by atoms with van der Waals surface area (Å²) < 4.78 is 12.8. The molecule has 0 spiro atoms. The van der Waals surface area contributed by atoms with Gasteiger partial charge in [-0.15, -0.1) is 12.6 Å². The summed E-state index contributed by atoms with van der Waals surface area (Å²) >= 11 is 7.06. The number of carbonyl (C=O) groups is 1. The molecular weight excluding hydrogens is 255 g/mol. The van der Waals surface area contributed by atoms with Crippen molar-refractivity contribution in [2.45, 2.75) is 11.3 Å². The van der Waals surface area contributed by atoms with Crippen LogP contribution in [0.2, 0.25) is 0 Å². The molecule has 0 N–H and O–H groups in total. The molecule has 0 atom stereocenters. The van der Waals surface area contributed by atoms with E-state index < -0.39 is 0 Å². The maximum Gasteiger partial charge on any atom is 0.147 e. The average molecular weight is 263 g/mol. The number of rotatable bonds is 3. The Morgan fingerprint density at radius 1 is 1.46 bits per heavy atom. The summed E-state index contributed by atoms with van der Waals surface area (Å²) in [4.78, 5) is 11.5. The number of benzene rings is 1. The van der Waals surface area contributed by atoms with E-state index in [9.17, 15) is 9.18 Å². The summed E-state index contributed by atoms with van der Waals surface area (Å²) in [6.45, 7) is 0. The minimum absolute atomic E-state index is 0.0262. The number of alkyl halides is 1. The minimum Gasteiger partial charge on any atom is -0.298 e. The molecule has 0 bridgehead atoms. The van der Waals surface area contributed by atoms with Crippen LogP contribution in [-0.2, 0) is 11.2 Å². The van der Waals surface area contributed by atoms with Gasteiger partial charge in [0.05, 0.1) is 5.33 Å². The van der Waals surface area contributed by atoms with Crippen molar-refractivity contribution >= 4 is 34.3 Å². The number of halogens is 2. The van der Waals surface area contributed by atoms with Gasteiger partial charge in [-0.25, -0.2) is 4.39 Å². The lowest BCUT2D eigenvalue weighted by Gasteiger charge is -2.00. The lowest BCUT2D eigenvalue weighted by Crippen LogP contribution is -2.03. The van der Waals surface area contributed by atoms with Crippen molar-refractivity contribution in [2.75, 3.05) is 5.33 Å². The van der Waals surface area contributed by atoms with Crippen LogP contribution in [0.5, 0.6) is 0 Å². The van der Waals surface area contributed by atoms with Crippen LogP contribution >= 0.6 is 28.6 Å². The first-order valence-electron chi connectivity index (χ1n) is 3.68. The highest BCUT2D eigenvalue weighted by Crippen LogP contribution is 2.13. The van der Waals surface area contributed by atoms with Gasteiger partial charge in [-0.05, 0) is 23.8 Å². The summed E-state index contributed by atoms with van der Waals surface area (Å²) in [5, 5.41) is 0.297. The highest BCUT2D eigenvalue weighted by Gasteiger charge is 2.03. The van der Waals surface area contributed by atoms with E-state index in [4.69, 9.17) is 0 Å². The van der Waals surface area contributed by atoms with E-state index >= 15 is 0 Å². The summed E-state index contributed by atoms with van der Waals surface area (Å²) in [6, 6.07) is 4.35. The van der Waals surface area contributed by atoms with Gasteiger partial charge >= 0.3 is 0 Å². The van der Waals surface area contributed by atoms with E-state index in [2.05, 4.69) is 28.6 Å². The van der Waals surface area contributed by atoms with Crippen LogP contribution < -0.4 is 0 Å².